The van der Waals surface area contributed by atoms with E-state index in [-0.39, 0.29) is 18.4 Å². The molecule has 6 rings (SSSR count). The number of pyridine rings is 1. The lowest BCUT2D eigenvalue weighted by Gasteiger charge is -2.36. The van der Waals surface area contributed by atoms with Crippen molar-refractivity contribution in [3.05, 3.63) is 39.9 Å². The molecule has 1 saturated carbocycles. The lowest BCUT2D eigenvalue weighted by Crippen LogP contribution is -2.40. The van der Waals surface area contributed by atoms with Crippen LogP contribution in [0, 0.1) is 5.92 Å². The number of aromatic nitrogens is 5. The molecule has 1 saturated heterocycles. The van der Waals surface area contributed by atoms with Crippen molar-refractivity contribution in [3.63, 3.8) is 0 Å². The molecule has 0 amide bonds. The van der Waals surface area contributed by atoms with Crippen LogP contribution < -0.4 is 15.0 Å². The van der Waals surface area contributed by atoms with Crippen LogP contribution in [0.1, 0.15) is 75.3 Å². The van der Waals surface area contributed by atoms with Gasteiger partial charge in [0.25, 0.3) is 5.56 Å². The first-order valence-corrected chi connectivity index (χ1v) is 12.2. The van der Waals surface area contributed by atoms with E-state index in [4.69, 9.17) is 9.47 Å². The van der Waals surface area contributed by atoms with E-state index in [0.29, 0.717) is 29.0 Å². The molecule has 2 fully saturated rings. The molecule has 1 N–H and O–H groups in total. The maximum atomic E-state index is 13.4. The summed E-state index contributed by atoms with van der Waals surface area (Å²) in [5.74, 6) is 2.83. The van der Waals surface area contributed by atoms with E-state index < -0.39 is 0 Å². The van der Waals surface area contributed by atoms with Crippen LogP contribution in [0.5, 0.6) is 11.5 Å². The third-order valence-electron chi connectivity index (χ3n) is 7.53. The Labute approximate surface area is 192 Å². The summed E-state index contributed by atoms with van der Waals surface area (Å²) in [6.07, 6.45) is 8.02. The summed E-state index contributed by atoms with van der Waals surface area (Å²) in [4.78, 5) is 18.9. The van der Waals surface area contributed by atoms with Gasteiger partial charge in [-0.2, -0.15) is 0 Å². The molecule has 3 aliphatic rings. The highest BCUT2D eigenvalue weighted by Gasteiger charge is 2.34. The summed E-state index contributed by atoms with van der Waals surface area (Å²) in [6, 6.07) is 5.78. The predicted octanol–water partition coefficient (Wildman–Crippen LogP) is 3.57. The summed E-state index contributed by atoms with van der Waals surface area (Å²) in [5.41, 5.74) is 1.32. The molecule has 174 valence electrons. The van der Waals surface area contributed by atoms with Crippen molar-refractivity contribution in [1.82, 2.24) is 30.1 Å². The lowest BCUT2D eigenvalue weighted by molar-refractivity contribution is 0.146. The average Bonchev–Trinajstić information content (AvgIpc) is 3.49. The predicted molar refractivity (Wildman–Crippen MR) is 122 cm³/mol. The number of fused-ring (bicyclic) bond motifs is 2. The number of nitrogens with zero attached hydrogens (tertiary/aromatic N) is 5. The normalized spacial score (nSPS) is 21.0. The zero-order chi connectivity index (χ0) is 22.4. The summed E-state index contributed by atoms with van der Waals surface area (Å²) >= 11 is 0. The highest BCUT2D eigenvalue weighted by Crippen LogP contribution is 2.38. The van der Waals surface area contributed by atoms with Gasteiger partial charge in [-0.05, 0) is 67.3 Å². The number of hydrogen-bond donors (Lipinski definition) is 1. The van der Waals surface area contributed by atoms with Gasteiger partial charge in [0.1, 0.15) is 6.04 Å². The van der Waals surface area contributed by atoms with Crippen LogP contribution in [-0.2, 0) is 0 Å². The second kappa shape index (κ2) is 8.44. The van der Waals surface area contributed by atoms with Gasteiger partial charge in [-0.1, -0.05) is 26.2 Å². The SMILES string of the molecule is CC1CCN([C@@H](c2cc3cc4c(cc3[nH]c2=O)OCO4)c2nnnn2C2CCCCC2)CC1. The van der Waals surface area contributed by atoms with Crippen LogP contribution in [-0.4, -0.2) is 50.0 Å². The van der Waals surface area contributed by atoms with Gasteiger partial charge in [0.05, 0.1) is 11.6 Å². The van der Waals surface area contributed by atoms with Crippen molar-refractivity contribution in [2.24, 2.45) is 5.92 Å². The molecule has 0 spiro atoms. The smallest absolute Gasteiger partial charge is 0.253 e. The highest BCUT2D eigenvalue weighted by atomic mass is 16.7. The molecule has 9 nitrogen and oxygen atoms in total. The number of tetrazole rings is 1. The third-order valence-corrected chi connectivity index (χ3v) is 7.53. The topological polar surface area (TPSA) is 98.2 Å². The van der Waals surface area contributed by atoms with Crippen molar-refractivity contribution in [1.29, 1.82) is 0 Å². The maximum absolute atomic E-state index is 13.4. The van der Waals surface area contributed by atoms with Gasteiger partial charge in [-0.25, -0.2) is 4.68 Å². The standard InChI is InChI=1S/C24H30N6O3/c1-15-7-9-29(10-8-15)22(23-26-27-28-30(23)17-5-3-2-4-6-17)18-11-16-12-20-21(33-14-32-20)13-19(16)25-24(18)31/h11-13,15,17,22H,2-10,14H2,1H3,(H,25,31)/t22-/m0/s1. The van der Waals surface area contributed by atoms with E-state index in [1.807, 2.05) is 22.9 Å². The Morgan fingerprint density at radius 2 is 1.79 bits per heavy atom. The number of ether oxygens (including phenoxy) is 2. The van der Waals surface area contributed by atoms with Gasteiger partial charge in [-0.3, -0.25) is 9.69 Å². The Kier molecular flexibility index (Phi) is 5.28. The second-order valence-electron chi connectivity index (χ2n) is 9.74. The van der Waals surface area contributed by atoms with Crippen molar-refractivity contribution in [2.75, 3.05) is 19.9 Å². The quantitative estimate of drug-likeness (QED) is 0.649. The third kappa shape index (κ3) is 3.78. The molecule has 1 atom stereocenters. The number of likely N-dealkylation sites (tertiary alicyclic amines) is 1. The average molecular weight is 451 g/mol. The van der Waals surface area contributed by atoms with Crippen molar-refractivity contribution < 1.29 is 9.47 Å². The van der Waals surface area contributed by atoms with E-state index in [0.717, 1.165) is 55.5 Å². The van der Waals surface area contributed by atoms with Crippen LogP contribution in [0.4, 0.5) is 0 Å². The fraction of sp³-hybridized carbons (Fsp3) is 0.583. The molecule has 4 heterocycles. The number of piperidine rings is 1. The Balaban J connectivity index is 1.47. The van der Waals surface area contributed by atoms with Crippen molar-refractivity contribution >= 4 is 10.9 Å². The van der Waals surface area contributed by atoms with Gasteiger partial charge in [0.2, 0.25) is 6.79 Å². The molecule has 33 heavy (non-hydrogen) atoms. The molecule has 0 radical (unpaired) electrons. The lowest BCUT2D eigenvalue weighted by atomic mass is 9.93. The van der Waals surface area contributed by atoms with Gasteiger partial charge in [0.15, 0.2) is 17.3 Å². The van der Waals surface area contributed by atoms with E-state index in [1.54, 1.807) is 0 Å². The fourth-order valence-corrected chi connectivity index (χ4v) is 5.57. The number of aromatic amines is 1. The van der Waals surface area contributed by atoms with Crippen LogP contribution >= 0.6 is 0 Å². The largest absolute Gasteiger partial charge is 0.454 e. The molecule has 0 bridgehead atoms. The Morgan fingerprint density at radius 3 is 2.58 bits per heavy atom. The molecule has 1 aliphatic carbocycles. The van der Waals surface area contributed by atoms with Gasteiger partial charge in [-0.15, -0.1) is 5.10 Å². The molecule has 0 unspecified atom stereocenters. The summed E-state index contributed by atoms with van der Waals surface area (Å²) < 4.78 is 13.1. The highest BCUT2D eigenvalue weighted by molar-refractivity contribution is 5.83. The summed E-state index contributed by atoms with van der Waals surface area (Å²) in [7, 11) is 0. The van der Waals surface area contributed by atoms with E-state index in [9.17, 15) is 4.79 Å². The Bertz CT molecular complexity index is 1210. The maximum Gasteiger partial charge on any atom is 0.253 e. The summed E-state index contributed by atoms with van der Waals surface area (Å²) in [5, 5.41) is 13.9. The van der Waals surface area contributed by atoms with Gasteiger partial charge < -0.3 is 14.5 Å². The summed E-state index contributed by atoms with van der Waals surface area (Å²) in [6.45, 7) is 4.33. The molecule has 3 aromatic rings. The minimum atomic E-state index is -0.284. The second-order valence-corrected chi connectivity index (χ2v) is 9.74. The molecular formula is C24H30N6O3. The van der Waals surface area contributed by atoms with Crippen LogP contribution in [0.2, 0.25) is 0 Å². The molecular weight excluding hydrogens is 420 g/mol. The first-order chi connectivity index (χ1) is 16.2. The van der Waals surface area contributed by atoms with Gasteiger partial charge in [0, 0.05) is 17.0 Å². The first-order valence-electron chi connectivity index (χ1n) is 12.2. The van der Waals surface area contributed by atoms with Crippen LogP contribution in [0.25, 0.3) is 10.9 Å². The number of benzene rings is 1. The van der Waals surface area contributed by atoms with Gasteiger partial charge >= 0.3 is 0 Å². The minimum Gasteiger partial charge on any atom is -0.454 e. The number of hydrogen-bond acceptors (Lipinski definition) is 7. The molecule has 2 aromatic heterocycles. The monoisotopic (exact) mass is 450 g/mol. The number of nitrogens with one attached hydrogen (secondary N) is 1. The number of H-pyrrole nitrogens is 1. The van der Waals surface area contributed by atoms with E-state index in [2.05, 4.69) is 32.3 Å². The first kappa shape index (κ1) is 20.7. The zero-order valence-electron chi connectivity index (χ0n) is 19.0. The molecule has 2 aliphatic heterocycles. The number of rotatable bonds is 4. The van der Waals surface area contributed by atoms with Crippen LogP contribution in [0.15, 0.2) is 23.0 Å². The fourth-order valence-electron chi connectivity index (χ4n) is 5.57. The van der Waals surface area contributed by atoms with Crippen LogP contribution in [0.3, 0.4) is 0 Å². The Morgan fingerprint density at radius 1 is 1.03 bits per heavy atom. The molecule has 1 aromatic carbocycles. The van der Waals surface area contributed by atoms with E-state index in [1.165, 1.54) is 19.3 Å². The van der Waals surface area contributed by atoms with Crippen molar-refractivity contribution in [3.8, 4) is 11.5 Å². The molecule has 9 heteroatoms. The minimum absolute atomic E-state index is 0.108. The zero-order valence-corrected chi connectivity index (χ0v) is 19.0. The Hall–Kier alpha value is -2.94. The van der Waals surface area contributed by atoms with Crippen molar-refractivity contribution in [2.45, 2.75) is 64.0 Å². The van der Waals surface area contributed by atoms with E-state index >= 15 is 0 Å².